The standard InChI is InChI=1S/C22H36ClNO3/c1-21(2,23)17-27-20-12-6-5-11-19(20)22(25,13-7-8-15-26-4)18-10-9-14-24(3)16-18/h5-6,11-12,18,25H,7-10,13-17H2,1-4H3/t18-,22+/m1/s1. The number of unbranched alkanes of at least 4 members (excludes halogenated alkanes) is 1. The molecule has 2 atom stereocenters. The molecule has 1 N–H and O–H groups in total. The summed E-state index contributed by atoms with van der Waals surface area (Å²) in [6, 6.07) is 7.91. The molecule has 1 heterocycles. The monoisotopic (exact) mass is 397 g/mol. The Bertz CT molecular complexity index is 575. The number of methoxy groups -OCH3 is 1. The summed E-state index contributed by atoms with van der Waals surface area (Å²) >= 11 is 6.33. The molecular formula is C22H36ClNO3. The van der Waals surface area contributed by atoms with E-state index in [4.69, 9.17) is 21.1 Å². The van der Waals surface area contributed by atoms with Gasteiger partial charge in [0, 0.05) is 31.7 Å². The second-order valence-corrected chi connectivity index (χ2v) is 9.50. The van der Waals surface area contributed by atoms with Gasteiger partial charge in [0.15, 0.2) is 0 Å². The summed E-state index contributed by atoms with van der Waals surface area (Å²) in [5, 5.41) is 12.0. The van der Waals surface area contributed by atoms with Gasteiger partial charge in [0.1, 0.15) is 12.4 Å². The molecule has 0 amide bonds. The molecule has 27 heavy (non-hydrogen) atoms. The van der Waals surface area contributed by atoms with Crippen molar-refractivity contribution >= 4 is 11.6 Å². The van der Waals surface area contributed by atoms with Crippen LogP contribution in [-0.4, -0.2) is 55.3 Å². The predicted molar refractivity (Wildman–Crippen MR) is 112 cm³/mol. The second kappa shape index (κ2) is 10.1. The molecule has 1 aliphatic rings. The van der Waals surface area contributed by atoms with Crippen molar-refractivity contribution in [3.05, 3.63) is 29.8 Å². The zero-order valence-electron chi connectivity index (χ0n) is 17.3. The highest BCUT2D eigenvalue weighted by Crippen LogP contribution is 2.43. The molecule has 0 aromatic heterocycles. The first kappa shape index (κ1) is 22.5. The first-order valence-corrected chi connectivity index (χ1v) is 10.4. The number of benzene rings is 1. The molecule has 5 heteroatoms. The van der Waals surface area contributed by atoms with Crippen molar-refractivity contribution in [3.8, 4) is 5.75 Å². The highest BCUT2D eigenvalue weighted by molar-refractivity contribution is 6.23. The Balaban J connectivity index is 2.29. The molecule has 1 aromatic rings. The Morgan fingerprint density at radius 3 is 2.67 bits per heavy atom. The summed E-state index contributed by atoms with van der Waals surface area (Å²) in [6.07, 6.45) is 4.71. The van der Waals surface area contributed by atoms with Gasteiger partial charge in [0.2, 0.25) is 0 Å². The number of likely N-dealkylation sites (tertiary alicyclic amines) is 1. The van der Waals surface area contributed by atoms with Crippen LogP contribution in [-0.2, 0) is 10.3 Å². The number of aliphatic hydroxyl groups is 1. The summed E-state index contributed by atoms with van der Waals surface area (Å²) < 4.78 is 11.3. The highest BCUT2D eigenvalue weighted by atomic mass is 35.5. The van der Waals surface area contributed by atoms with Crippen LogP contribution in [0.25, 0.3) is 0 Å². The van der Waals surface area contributed by atoms with Crippen molar-refractivity contribution in [3.63, 3.8) is 0 Å². The van der Waals surface area contributed by atoms with Crippen LogP contribution in [0.5, 0.6) is 5.75 Å². The van der Waals surface area contributed by atoms with E-state index in [1.807, 2.05) is 38.1 Å². The van der Waals surface area contributed by atoms with Gasteiger partial charge in [-0.3, -0.25) is 0 Å². The van der Waals surface area contributed by atoms with E-state index >= 15 is 0 Å². The summed E-state index contributed by atoms with van der Waals surface area (Å²) in [6.45, 7) is 6.98. The van der Waals surface area contributed by atoms with E-state index in [0.717, 1.165) is 56.7 Å². The lowest BCUT2D eigenvalue weighted by molar-refractivity contribution is -0.0604. The molecule has 0 aliphatic carbocycles. The quantitative estimate of drug-likeness (QED) is 0.468. The summed E-state index contributed by atoms with van der Waals surface area (Å²) in [5.74, 6) is 0.932. The number of halogens is 1. The van der Waals surface area contributed by atoms with E-state index in [2.05, 4.69) is 11.9 Å². The van der Waals surface area contributed by atoms with Crippen molar-refractivity contribution < 1.29 is 14.6 Å². The third-order valence-corrected chi connectivity index (χ3v) is 5.49. The van der Waals surface area contributed by atoms with Gasteiger partial charge in [-0.15, -0.1) is 11.6 Å². The van der Waals surface area contributed by atoms with Crippen molar-refractivity contribution in [1.29, 1.82) is 0 Å². The molecule has 154 valence electrons. The number of para-hydroxylation sites is 1. The van der Waals surface area contributed by atoms with Crippen molar-refractivity contribution in [2.75, 3.05) is 40.5 Å². The van der Waals surface area contributed by atoms with Gasteiger partial charge in [-0.2, -0.15) is 0 Å². The maximum atomic E-state index is 12.0. The third-order valence-electron chi connectivity index (χ3n) is 5.38. The number of ether oxygens (including phenoxy) is 2. The van der Waals surface area contributed by atoms with E-state index in [0.29, 0.717) is 13.0 Å². The first-order valence-electron chi connectivity index (χ1n) is 10.1. The number of nitrogens with zero attached hydrogens (tertiary/aromatic N) is 1. The lowest BCUT2D eigenvalue weighted by Crippen LogP contribution is -2.45. The summed E-state index contributed by atoms with van der Waals surface area (Å²) in [7, 11) is 3.86. The lowest BCUT2D eigenvalue weighted by Gasteiger charge is -2.42. The van der Waals surface area contributed by atoms with Crippen LogP contribution in [0.4, 0.5) is 0 Å². The molecule has 0 unspecified atom stereocenters. The number of hydrogen-bond acceptors (Lipinski definition) is 4. The van der Waals surface area contributed by atoms with E-state index < -0.39 is 10.5 Å². The van der Waals surface area contributed by atoms with Gasteiger partial charge in [-0.05, 0) is 65.6 Å². The zero-order valence-corrected chi connectivity index (χ0v) is 18.1. The molecule has 0 radical (unpaired) electrons. The average Bonchev–Trinajstić information content (AvgIpc) is 2.63. The molecule has 1 fully saturated rings. The Labute approximate surface area is 169 Å². The lowest BCUT2D eigenvalue weighted by atomic mass is 9.74. The van der Waals surface area contributed by atoms with Crippen LogP contribution in [0, 0.1) is 5.92 Å². The van der Waals surface area contributed by atoms with Gasteiger partial charge in [0.25, 0.3) is 0 Å². The minimum Gasteiger partial charge on any atom is -0.491 e. The van der Waals surface area contributed by atoms with Crippen LogP contribution in [0.3, 0.4) is 0 Å². The molecule has 0 spiro atoms. The van der Waals surface area contributed by atoms with E-state index in [-0.39, 0.29) is 5.92 Å². The second-order valence-electron chi connectivity index (χ2n) is 8.48. The minimum absolute atomic E-state index is 0.188. The Morgan fingerprint density at radius 1 is 1.26 bits per heavy atom. The fourth-order valence-corrected chi connectivity index (χ4v) is 4.01. The van der Waals surface area contributed by atoms with Gasteiger partial charge in [0.05, 0.1) is 10.5 Å². The summed E-state index contributed by atoms with van der Waals surface area (Å²) in [5.41, 5.74) is -0.0150. The van der Waals surface area contributed by atoms with Crippen LogP contribution < -0.4 is 4.74 Å². The van der Waals surface area contributed by atoms with E-state index in [1.54, 1.807) is 7.11 Å². The van der Waals surface area contributed by atoms with Crippen molar-refractivity contribution in [1.82, 2.24) is 4.90 Å². The molecule has 0 saturated carbocycles. The smallest absolute Gasteiger partial charge is 0.125 e. The molecule has 1 saturated heterocycles. The number of piperidine rings is 1. The largest absolute Gasteiger partial charge is 0.491 e. The maximum absolute atomic E-state index is 12.0. The number of hydrogen-bond donors (Lipinski definition) is 1. The topological polar surface area (TPSA) is 41.9 Å². The fraction of sp³-hybridized carbons (Fsp3) is 0.727. The van der Waals surface area contributed by atoms with Gasteiger partial charge in [-0.1, -0.05) is 18.2 Å². The summed E-state index contributed by atoms with van der Waals surface area (Å²) in [4.78, 5) is 1.87. The normalized spacial score (nSPS) is 21.0. The number of rotatable bonds is 10. The number of alkyl halides is 1. The maximum Gasteiger partial charge on any atom is 0.125 e. The van der Waals surface area contributed by atoms with Crippen molar-refractivity contribution in [2.45, 2.75) is 56.4 Å². The molecule has 2 rings (SSSR count). The highest BCUT2D eigenvalue weighted by Gasteiger charge is 2.41. The van der Waals surface area contributed by atoms with Crippen LogP contribution in [0.1, 0.15) is 51.5 Å². The molecule has 0 bridgehead atoms. The van der Waals surface area contributed by atoms with Crippen LogP contribution >= 0.6 is 11.6 Å². The van der Waals surface area contributed by atoms with E-state index in [1.165, 1.54) is 0 Å². The average molecular weight is 398 g/mol. The van der Waals surface area contributed by atoms with Gasteiger partial charge >= 0.3 is 0 Å². The van der Waals surface area contributed by atoms with E-state index in [9.17, 15) is 5.11 Å². The predicted octanol–water partition coefficient (Wildman–Crippen LogP) is 4.43. The minimum atomic E-state index is -0.907. The van der Waals surface area contributed by atoms with Gasteiger partial charge in [-0.25, -0.2) is 0 Å². The van der Waals surface area contributed by atoms with Crippen molar-refractivity contribution in [2.24, 2.45) is 5.92 Å². The Morgan fingerprint density at radius 2 is 2.00 bits per heavy atom. The van der Waals surface area contributed by atoms with Gasteiger partial charge < -0.3 is 19.5 Å². The Kier molecular flexibility index (Phi) is 8.41. The molecular weight excluding hydrogens is 362 g/mol. The Hall–Kier alpha value is -0.810. The zero-order chi connectivity index (χ0) is 19.9. The molecule has 1 aromatic carbocycles. The molecule has 4 nitrogen and oxygen atoms in total. The fourth-order valence-electron chi connectivity index (χ4n) is 3.96. The van der Waals surface area contributed by atoms with Crippen LogP contribution in [0.2, 0.25) is 0 Å². The molecule has 1 aliphatic heterocycles. The van der Waals surface area contributed by atoms with Crippen LogP contribution in [0.15, 0.2) is 24.3 Å². The first-order chi connectivity index (χ1) is 12.8. The SMILES string of the molecule is COCCCC[C@@](O)(c1ccccc1OCC(C)(C)Cl)[C@@H]1CCCN(C)C1. The third kappa shape index (κ3) is 6.63.